The summed E-state index contributed by atoms with van der Waals surface area (Å²) in [5, 5.41) is 3.61. The van der Waals surface area contributed by atoms with Gasteiger partial charge in [0.15, 0.2) is 0 Å². The van der Waals surface area contributed by atoms with Crippen LogP contribution in [0.2, 0.25) is 0 Å². The molecule has 0 radical (unpaired) electrons. The Balaban J connectivity index is 1.39. The van der Waals surface area contributed by atoms with Crippen LogP contribution in [-0.4, -0.2) is 28.7 Å². The van der Waals surface area contributed by atoms with Crippen LogP contribution >= 0.6 is 11.8 Å². The number of carbonyl (C=O) groups is 2. The number of nitrogens with one attached hydrogen (secondary N) is 1. The molecule has 1 aliphatic rings. The lowest BCUT2D eigenvalue weighted by Crippen LogP contribution is -2.27. The minimum atomic E-state index is -4.45. The van der Waals surface area contributed by atoms with Gasteiger partial charge in [-0.3, -0.25) is 9.59 Å². The second-order valence-corrected chi connectivity index (χ2v) is 8.68. The molecule has 3 aromatic rings. The van der Waals surface area contributed by atoms with Crippen molar-refractivity contribution in [3.63, 3.8) is 0 Å². The van der Waals surface area contributed by atoms with Crippen molar-refractivity contribution < 1.29 is 22.8 Å². The Morgan fingerprint density at radius 3 is 2.50 bits per heavy atom. The fourth-order valence-electron chi connectivity index (χ4n) is 3.51. The number of rotatable bonds is 6. The highest BCUT2D eigenvalue weighted by atomic mass is 32.2. The van der Waals surface area contributed by atoms with E-state index in [1.54, 1.807) is 24.3 Å². The zero-order chi connectivity index (χ0) is 24.1. The van der Waals surface area contributed by atoms with Crippen LogP contribution in [0.3, 0.4) is 0 Å². The van der Waals surface area contributed by atoms with E-state index in [4.69, 9.17) is 0 Å². The zero-order valence-corrected chi connectivity index (χ0v) is 18.6. The molecule has 1 atom stereocenters. The van der Waals surface area contributed by atoms with Crippen LogP contribution in [0.4, 0.5) is 13.2 Å². The van der Waals surface area contributed by atoms with Gasteiger partial charge in [-0.2, -0.15) is 18.3 Å². The first-order chi connectivity index (χ1) is 16.3. The fourth-order valence-corrected chi connectivity index (χ4v) is 4.69. The van der Waals surface area contributed by atoms with E-state index in [0.29, 0.717) is 17.9 Å². The summed E-state index contributed by atoms with van der Waals surface area (Å²) in [6.07, 6.45) is -3.29. The number of halogens is 3. The van der Waals surface area contributed by atoms with Gasteiger partial charge in [-0.25, -0.2) is 5.43 Å². The van der Waals surface area contributed by atoms with Gasteiger partial charge in [0, 0.05) is 12.1 Å². The van der Waals surface area contributed by atoms with Gasteiger partial charge in [-0.1, -0.05) is 54.6 Å². The van der Waals surface area contributed by atoms with Crippen LogP contribution in [0, 0.1) is 0 Å². The maximum atomic E-state index is 12.8. The lowest BCUT2D eigenvalue weighted by Gasteiger charge is -2.24. The van der Waals surface area contributed by atoms with Crippen molar-refractivity contribution in [3.05, 3.63) is 107 Å². The van der Waals surface area contributed by atoms with Crippen LogP contribution in [0.15, 0.2) is 84.0 Å². The minimum absolute atomic E-state index is 0.0598. The predicted molar refractivity (Wildman–Crippen MR) is 125 cm³/mol. The SMILES string of the molecule is O=C(N/N=C\c1cccc(C(F)(F)F)c1)c1ccc([C@@H]2SCC(=O)N2Cc2ccccc2)cc1. The Bertz CT molecular complexity index is 1200. The molecule has 9 heteroatoms. The highest BCUT2D eigenvalue weighted by Gasteiger charge is 2.33. The summed E-state index contributed by atoms with van der Waals surface area (Å²) in [4.78, 5) is 26.6. The largest absolute Gasteiger partial charge is 0.416 e. The Morgan fingerprint density at radius 2 is 1.79 bits per heavy atom. The highest BCUT2D eigenvalue weighted by molar-refractivity contribution is 8.00. The van der Waals surface area contributed by atoms with Crippen LogP contribution in [-0.2, 0) is 17.5 Å². The molecule has 0 spiro atoms. The van der Waals surface area contributed by atoms with Crippen LogP contribution in [0.25, 0.3) is 0 Å². The van der Waals surface area contributed by atoms with Crippen molar-refractivity contribution in [1.29, 1.82) is 0 Å². The molecule has 0 aromatic heterocycles. The number of thioether (sulfide) groups is 1. The Kier molecular flexibility index (Phi) is 7.02. The standard InChI is InChI=1S/C25H20F3N3O2S/c26-25(27,28)21-8-4-7-18(13-21)14-29-30-23(33)19-9-11-20(12-10-19)24-31(22(32)16-34-24)15-17-5-2-1-3-6-17/h1-14,24H,15-16H2,(H,30,33)/b29-14-/t24-/m0/s1. The monoisotopic (exact) mass is 483 g/mol. The molecule has 1 saturated heterocycles. The maximum absolute atomic E-state index is 12.8. The molecule has 1 heterocycles. The van der Waals surface area contributed by atoms with E-state index in [0.717, 1.165) is 29.5 Å². The average Bonchev–Trinajstić information content (AvgIpc) is 3.19. The molecule has 0 bridgehead atoms. The molecule has 2 amide bonds. The zero-order valence-electron chi connectivity index (χ0n) is 17.8. The topological polar surface area (TPSA) is 61.8 Å². The molecular formula is C25H20F3N3O2S. The number of hydrogen-bond donors (Lipinski definition) is 1. The molecule has 1 N–H and O–H groups in total. The van der Waals surface area contributed by atoms with Gasteiger partial charge < -0.3 is 4.90 Å². The minimum Gasteiger partial charge on any atom is -0.322 e. The average molecular weight is 484 g/mol. The quantitative estimate of drug-likeness (QED) is 0.385. The van der Waals surface area contributed by atoms with Crippen LogP contribution in [0.1, 0.15) is 38.0 Å². The summed E-state index contributed by atoms with van der Waals surface area (Å²) in [6, 6.07) is 21.2. The van der Waals surface area contributed by atoms with E-state index < -0.39 is 17.6 Å². The van der Waals surface area contributed by atoms with Gasteiger partial charge in [0.05, 0.1) is 17.5 Å². The molecule has 0 aliphatic carbocycles. The first kappa shape index (κ1) is 23.6. The molecule has 0 unspecified atom stereocenters. The highest BCUT2D eigenvalue weighted by Crippen LogP contribution is 2.39. The Labute approximate surface area is 198 Å². The van der Waals surface area contributed by atoms with E-state index in [9.17, 15) is 22.8 Å². The van der Waals surface area contributed by atoms with Crippen molar-refractivity contribution in [2.45, 2.75) is 18.1 Å². The van der Waals surface area contributed by atoms with Crippen molar-refractivity contribution in [2.75, 3.05) is 5.75 Å². The molecule has 34 heavy (non-hydrogen) atoms. The number of amides is 2. The van der Waals surface area contributed by atoms with Crippen molar-refractivity contribution in [1.82, 2.24) is 10.3 Å². The van der Waals surface area contributed by atoms with E-state index >= 15 is 0 Å². The van der Waals surface area contributed by atoms with E-state index in [1.165, 1.54) is 23.9 Å². The third-order valence-electron chi connectivity index (χ3n) is 5.22. The number of hydrazone groups is 1. The smallest absolute Gasteiger partial charge is 0.322 e. The molecule has 1 fully saturated rings. The third-order valence-corrected chi connectivity index (χ3v) is 6.47. The number of nitrogens with zero attached hydrogens (tertiary/aromatic N) is 2. The first-order valence-corrected chi connectivity index (χ1v) is 11.4. The normalized spacial score (nSPS) is 16.3. The van der Waals surface area contributed by atoms with Crippen LogP contribution < -0.4 is 5.43 Å². The van der Waals surface area contributed by atoms with Gasteiger partial charge in [0.2, 0.25) is 5.91 Å². The molecular weight excluding hydrogens is 463 g/mol. The van der Waals surface area contributed by atoms with Gasteiger partial charge in [-0.15, -0.1) is 11.8 Å². The number of hydrogen-bond acceptors (Lipinski definition) is 4. The maximum Gasteiger partial charge on any atom is 0.416 e. The van der Waals surface area contributed by atoms with Crippen molar-refractivity contribution in [2.24, 2.45) is 5.10 Å². The number of carbonyl (C=O) groups excluding carboxylic acids is 2. The van der Waals surface area contributed by atoms with Crippen LogP contribution in [0.5, 0.6) is 0 Å². The Hall–Kier alpha value is -3.59. The summed E-state index contributed by atoms with van der Waals surface area (Å²) < 4.78 is 38.4. The molecule has 1 aliphatic heterocycles. The summed E-state index contributed by atoms with van der Waals surface area (Å²) in [6.45, 7) is 0.504. The molecule has 5 nitrogen and oxygen atoms in total. The second kappa shape index (κ2) is 10.1. The molecule has 4 rings (SSSR count). The molecule has 0 saturated carbocycles. The summed E-state index contributed by atoms with van der Waals surface area (Å²) in [5.74, 6) is -0.0417. The van der Waals surface area contributed by atoms with Crippen molar-refractivity contribution in [3.8, 4) is 0 Å². The van der Waals surface area contributed by atoms with Gasteiger partial charge in [-0.05, 0) is 41.0 Å². The third kappa shape index (κ3) is 5.66. The van der Waals surface area contributed by atoms with Gasteiger partial charge in [0.25, 0.3) is 5.91 Å². The van der Waals surface area contributed by atoms with E-state index in [-0.39, 0.29) is 16.8 Å². The predicted octanol–water partition coefficient (Wildman–Crippen LogP) is 5.24. The summed E-state index contributed by atoms with van der Waals surface area (Å²) in [7, 11) is 0. The fraction of sp³-hybridized carbons (Fsp3) is 0.160. The lowest BCUT2D eigenvalue weighted by molar-refractivity contribution is -0.137. The van der Waals surface area contributed by atoms with Gasteiger partial charge >= 0.3 is 6.18 Å². The summed E-state index contributed by atoms with van der Waals surface area (Å²) >= 11 is 1.53. The molecule has 174 valence electrons. The van der Waals surface area contributed by atoms with Crippen molar-refractivity contribution >= 4 is 29.8 Å². The first-order valence-electron chi connectivity index (χ1n) is 10.4. The number of benzene rings is 3. The Morgan fingerprint density at radius 1 is 1.06 bits per heavy atom. The summed E-state index contributed by atoms with van der Waals surface area (Å²) in [5.41, 5.74) is 4.03. The van der Waals surface area contributed by atoms with Gasteiger partial charge in [0.1, 0.15) is 5.37 Å². The molecule has 3 aromatic carbocycles. The van der Waals surface area contributed by atoms with E-state index in [1.807, 2.05) is 35.2 Å². The number of alkyl halides is 3. The lowest BCUT2D eigenvalue weighted by atomic mass is 10.1. The second-order valence-electron chi connectivity index (χ2n) is 7.61. The van der Waals surface area contributed by atoms with E-state index in [2.05, 4.69) is 10.5 Å².